The summed E-state index contributed by atoms with van der Waals surface area (Å²) in [4.78, 5) is 34.7. The maximum atomic E-state index is 11.8. The quantitative estimate of drug-likeness (QED) is 0.733. The van der Waals surface area contributed by atoms with Gasteiger partial charge in [-0.1, -0.05) is 12.1 Å². The number of hydrogen-bond donors (Lipinski definition) is 2. The number of amides is 2. The van der Waals surface area contributed by atoms with Crippen LogP contribution in [-0.4, -0.2) is 31.0 Å². The summed E-state index contributed by atoms with van der Waals surface area (Å²) in [6, 6.07) is 7.15. The summed E-state index contributed by atoms with van der Waals surface area (Å²) < 4.78 is 10.3. The largest absolute Gasteiger partial charge is 0.482 e. The van der Waals surface area contributed by atoms with Crippen LogP contribution in [0.15, 0.2) is 29.6 Å². The number of aryl methyl sites for hydroxylation is 2. The molecule has 0 aliphatic heterocycles. The smallest absolute Gasteiger partial charge is 0.344 e. The molecule has 2 aromatic rings. The van der Waals surface area contributed by atoms with E-state index in [0.29, 0.717) is 10.8 Å². The summed E-state index contributed by atoms with van der Waals surface area (Å²) in [5.41, 5.74) is 7.31. The summed E-state index contributed by atoms with van der Waals surface area (Å²) in [5, 5.41) is 4.42. The summed E-state index contributed by atoms with van der Waals surface area (Å²) >= 11 is 1.15. The molecule has 0 spiro atoms. The van der Waals surface area contributed by atoms with Gasteiger partial charge >= 0.3 is 5.97 Å². The highest BCUT2D eigenvalue weighted by Crippen LogP contribution is 2.22. The van der Waals surface area contributed by atoms with E-state index in [9.17, 15) is 14.4 Å². The molecule has 3 N–H and O–H groups in total. The minimum atomic E-state index is -0.669. The van der Waals surface area contributed by atoms with Crippen LogP contribution >= 0.6 is 11.3 Å². The van der Waals surface area contributed by atoms with Crippen molar-refractivity contribution in [3.63, 3.8) is 0 Å². The number of carbonyl (C=O) groups excluding carboxylic acids is 3. The molecule has 0 aliphatic rings. The zero-order chi connectivity index (χ0) is 18.4. The van der Waals surface area contributed by atoms with Crippen LogP contribution in [0.4, 0.5) is 5.00 Å². The van der Waals surface area contributed by atoms with Gasteiger partial charge in [-0.25, -0.2) is 4.79 Å². The lowest BCUT2D eigenvalue weighted by atomic mass is 10.1. The third-order valence-electron chi connectivity index (χ3n) is 3.24. The number of nitrogens with one attached hydrogen (secondary N) is 1. The van der Waals surface area contributed by atoms with Crippen LogP contribution in [0.5, 0.6) is 5.75 Å². The molecule has 0 radical (unpaired) electrons. The second kappa shape index (κ2) is 8.29. The van der Waals surface area contributed by atoms with E-state index in [0.717, 1.165) is 22.5 Å². The molecule has 25 heavy (non-hydrogen) atoms. The number of rotatable bonds is 7. The summed E-state index contributed by atoms with van der Waals surface area (Å²) in [7, 11) is 0. The van der Waals surface area contributed by atoms with Crippen molar-refractivity contribution in [3.8, 4) is 5.75 Å². The highest BCUT2D eigenvalue weighted by Gasteiger charge is 2.14. The molecule has 2 amide bonds. The van der Waals surface area contributed by atoms with Crippen molar-refractivity contribution in [1.82, 2.24) is 0 Å². The number of primary amides is 1. The van der Waals surface area contributed by atoms with E-state index >= 15 is 0 Å². The SMILES string of the molecule is Cc1ccc(C)c(OCC(=O)OCC(=O)Nc2sccc2C(N)=O)c1. The van der Waals surface area contributed by atoms with Gasteiger partial charge in [0.2, 0.25) is 0 Å². The van der Waals surface area contributed by atoms with Gasteiger partial charge in [-0.05, 0) is 42.5 Å². The molecule has 0 aliphatic carbocycles. The van der Waals surface area contributed by atoms with Gasteiger partial charge in [-0.2, -0.15) is 0 Å². The van der Waals surface area contributed by atoms with Gasteiger partial charge in [0, 0.05) is 0 Å². The molecule has 8 heteroatoms. The van der Waals surface area contributed by atoms with Gasteiger partial charge in [-0.3, -0.25) is 9.59 Å². The van der Waals surface area contributed by atoms with E-state index < -0.39 is 24.4 Å². The molecule has 1 heterocycles. The maximum Gasteiger partial charge on any atom is 0.344 e. The molecule has 0 saturated carbocycles. The average Bonchev–Trinajstić information content (AvgIpc) is 3.02. The number of esters is 1. The van der Waals surface area contributed by atoms with Gasteiger partial charge in [0.1, 0.15) is 10.8 Å². The highest BCUT2D eigenvalue weighted by molar-refractivity contribution is 7.14. The summed E-state index contributed by atoms with van der Waals surface area (Å²) in [6.07, 6.45) is 0. The Labute approximate surface area is 148 Å². The van der Waals surface area contributed by atoms with Crippen molar-refractivity contribution in [2.45, 2.75) is 13.8 Å². The number of hydrogen-bond acceptors (Lipinski definition) is 6. The Morgan fingerprint density at radius 3 is 2.64 bits per heavy atom. The third kappa shape index (κ3) is 5.32. The zero-order valence-electron chi connectivity index (χ0n) is 13.8. The molecule has 7 nitrogen and oxygen atoms in total. The van der Waals surface area contributed by atoms with Gasteiger partial charge in [0.05, 0.1) is 5.56 Å². The summed E-state index contributed by atoms with van der Waals surface area (Å²) in [5.74, 6) is -1.29. The number of nitrogens with two attached hydrogens (primary N) is 1. The molecular formula is C17H18N2O5S. The lowest BCUT2D eigenvalue weighted by molar-refractivity contribution is -0.149. The van der Waals surface area contributed by atoms with Crippen LogP contribution in [0.25, 0.3) is 0 Å². The molecule has 0 bridgehead atoms. The van der Waals surface area contributed by atoms with E-state index in [1.54, 1.807) is 5.38 Å². The monoisotopic (exact) mass is 362 g/mol. The van der Waals surface area contributed by atoms with Gasteiger partial charge in [-0.15, -0.1) is 11.3 Å². The van der Waals surface area contributed by atoms with E-state index in [1.165, 1.54) is 6.07 Å². The number of anilines is 1. The first-order valence-corrected chi connectivity index (χ1v) is 8.27. The van der Waals surface area contributed by atoms with Crippen molar-refractivity contribution in [1.29, 1.82) is 0 Å². The lowest BCUT2D eigenvalue weighted by Crippen LogP contribution is -2.24. The highest BCUT2D eigenvalue weighted by atomic mass is 32.1. The predicted octanol–water partition coefficient (Wildman–Crippen LogP) is 2.02. The second-order valence-corrected chi connectivity index (χ2v) is 6.21. The van der Waals surface area contributed by atoms with Gasteiger partial charge < -0.3 is 20.5 Å². The Morgan fingerprint density at radius 1 is 1.16 bits per heavy atom. The van der Waals surface area contributed by atoms with Crippen molar-refractivity contribution >= 4 is 34.1 Å². The van der Waals surface area contributed by atoms with Gasteiger partial charge in [0.25, 0.3) is 11.8 Å². The fourth-order valence-corrected chi connectivity index (χ4v) is 2.76. The Balaban J connectivity index is 1.79. The van der Waals surface area contributed by atoms with Crippen molar-refractivity contribution in [3.05, 3.63) is 46.3 Å². The topological polar surface area (TPSA) is 108 Å². The molecule has 132 valence electrons. The first kappa shape index (κ1) is 18.5. The summed E-state index contributed by atoms with van der Waals surface area (Å²) in [6.45, 7) is 3.00. The van der Waals surface area contributed by atoms with E-state index in [-0.39, 0.29) is 12.2 Å². The molecular weight excluding hydrogens is 344 g/mol. The van der Waals surface area contributed by atoms with Crippen LogP contribution in [0.3, 0.4) is 0 Å². The van der Waals surface area contributed by atoms with Gasteiger partial charge in [0.15, 0.2) is 13.2 Å². The number of carbonyl (C=O) groups is 3. The molecule has 1 aromatic heterocycles. The first-order valence-electron chi connectivity index (χ1n) is 7.39. The molecule has 0 atom stereocenters. The fourth-order valence-electron chi connectivity index (χ4n) is 1.95. The minimum Gasteiger partial charge on any atom is -0.482 e. The standard InChI is InChI=1S/C17H18N2O5S/c1-10-3-4-11(2)13(7-10)23-9-15(21)24-8-14(20)19-17-12(16(18)22)5-6-25-17/h3-7H,8-9H2,1-2H3,(H2,18,22)(H,19,20). The van der Waals surface area contributed by atoms with Crippen molar-refractivity contribution < 1.29 is 23.9 Å². The van der Waals surface area contributed by atoms with E-state index in [1.807, 2.05) is 32.0 Å². The Morgan fingerprint density at radius 2 is 1.92 bits per heavy atom. The zero-order valence-corrected chi connectivity index (χ0v) is 14.6. The van der Waals surface area contributed by atoms with Crippen LogP contribution < -0.4 is 15.8 Å². The van der Waals surface area contributed by atoms with Crippen molar-refractivity contribution in [2.24, 2.45) is 5.73 Å². The minimum absolute atomic E-state index is 0.211. The van der Waals surface area contributed by atoms with Crippen LogP contribution in [-0.2, 0) is 14.3 Å². The fraction of sp³-hybridized carbons (Fsp3) is 0.235. The van der Waals surface area contributed by atoms with Crippen molar-refractivity contribution in [2.75, 3.05) is 18.5 Å². The molecule has 2 rings (SSSR count). The Bertz CT molecular complexity index is 800. The Hall–Kier alpha value is -2.87. The molecule has 0 saturated heterocycles. The third-order valence-corrected chi connectivity index (χ3v) is 4.07. The second-order valence-electron chi connectivity index (χ2n) is 5.29. The maximum absolute atomic E-state index is 11.8. The van der Waals surface area contributed by atoms with E-state index in [2.05, 4.69) is 5.32 Å². The first-order chi connectivity index (χ1) is 11.9. The normalized spacial score (nSPS) is 10.2. The van der Waals surface area contributed by atoms with Crippen LogP contribution in [0.2, 0.25) is 0 Å². The molecule has 0 unspecified atom stereocenters. The molecule has 1 aromatic carbocycles. The number of ether oxygens (including phenoxy) is 2. The average molecular weight is 362 g/mol. The number of benzene rings is 1. The lowest BCUT2D eigenvalue weighted by Gasteiger charge is -2.10. The molecule has 0 fully saturated rings. The Kier molecular flexibility index (Phi) is 6.13. The van der Waals surface area contributed by atoms with Crippen LogP contribution in [0, 0.1) is 13.8 Å². The predicted molar refractivity (Wildman–Crippen MR) is 93.8 cm³/mol. The van der Waals surface area contributed by atoms with Crippen LogP contribution in [0.1, 0.15) is 21.5 Å². The number of thiophene rings is 1. The van der Waals surface area contributed by atoms with E-state index in [4.69, 9.17) is 15.2 Å².